The number of hydrogen-bond acceptors (Lipinski definition) is 2. The molecule has 0 aliphatic heterocycles. The third kappa shape index (κ3) is 33.5. The first-order valence-electron chi connectivity index (χ1n) is 0.697. The quantitative estimate of drug-likeness (QED) is 0.594. The molecule has 0 aromatic heterocycles. The van der Waals surface area contributed by atoms with Crippen molar-refractivity contribution in [1.82, 2.24) is 0 Å². The Balaban J connectivity index is -0.0000000450. The Kier molecular flexibility index (Phi) is 54.1. The molecular weight excluding hydrogens is 281 g/mol. The van der Waals surface area contributed by atoms with Gasteiger partial charge < -0.3 is 0 Å². The summed E-state index contributed by atoms with van der Waals surface area (Å²) in [5.74, 6) is 0. The van der Waals surface area contributed by atoms with Crippen LogP contribution in [0.1, 0.15) is 0 Å². The molecule has 0 unspecified atom stereocenters. The van der Waals surface area contributed by atoms with E-state index in [0.29, 0.717) is 0 Å². The summed E-state index contributed by atoms with van der Waals surface area (Å²) >= 11 is 0. The van der Waals surface area contributed by atoms with E-state index in [1.165, 1.54) is 12.1 Å². The first-order valence-corrected chi connectivity index (χ1v) is 0.697. The predicted octanol–water partition coefficient (Wildman–Crippen LogP) is 0.144. The normalized spacial score (nSPS) is 1.67. The summed E-state index contributed by atoms with van der Waals surface area (Å²) in [6.07, 6.45) is 0. The molecule has 0 N–H and O–H groups in total. The van der Waals surface area contributed by atoms with E-state index in [1.807, 2.05) is 0 Å². The molecule has 1 radical (unpaired) electrons. The minimum absolute atomic E-state index is 0. The Morgan fingerprint density at radius 3 is 1.17 bits per heavy atom. The smallest absolute Gasteiger partial charge is 0.181 e. The molecule has 0 fully saturated rings. The fourth-order valence-corrected chi connectivity index (χ4v) is 0. The molecule has 0 rings (SSSR count). The monoisotopic (exact) mass is 283 g/mol. The van der Waals surface area contributed by atoms with Crippen molar-refractivity contribution in [2.24, 2.45) is 0 Å². The van der Waals surface area contributed by atoms with Crippen LogP contribution in [-0.4, -0.2) is 0 Å². The zero-order valence-electron chi connectivity index (χ0n) is 2.70. The van der Waals surface area contributed by atoms with Gasteiger partial charge in [0, 0.05) is 22.4 Å². The summed E-state index contributed by atoms with van der Waals surface area (Å²) < 4.78 is 0. The minimum atomic E-state index is 0. The summed E-state index contributed by atoms with van der Waals surface area (Å²) in [6.45, 7) is 0. The standard InChI is InChI=1S/C2N2.Au.H2S/c3-1-2-4;;/h;;1H2. The number of rotatable bonds is 0. The van der Waals surface area contributed by atoms with Crippen molar-refractivity contribution in [3.05, 3.63) is 0 Å². The van der Waals surface area contributed by atoms with Crippen LogP contribution in [0.15, 0.2) is 0 Å². The van der Waals surface area contributed by atoms with Crippen LogP contribution in [-0.2, 0) is 22.4 Å². The first kappa shape index (κ1) is 16.6. The van der Waals surface area contributed by atoms with Gasteiger partial charge in [0.2, 0.25) is 0 Å². The van der Waals surface area contributed by atoms with Crippen molar-refractivity contribution in [3.63, 3.8) is 0 Å². The van der Waals surface area contributed by atoms with Crippen LogP contribution in [0.4, 0.5) is 0 Å². The van der Waals surface area contributed by atoms with E-state index < -0.39 is 0 Å². The number of nitrogens with zero attached hydrogens (tertiary/aromatic N) is 2. The average molecular weight is 283 g/mol. The van der Waals surface area contributed by atoms with Gasteiger partial charge in [-0.3, -0.25) is 0 Å². The Morgan fingerprint density at radius 1 is 1.00 bits per heavy atom. The molecule has 6 heavy (non-hydrogen) atoms. The molecule has 0 amide bonds. The molecular formula is C2H2AuN2S. The molecule has 0 aromatic rings. The zero-order chi connectivity index (χ0) is 3.41. The van der Waals surface area contributed by atoms with E-state index in [4.69, 9.17) is 10.5 Å². The van der Waals surface area contributed by atoms with Crippen molar-refractivity contribution in [1.29, 1.82) is 10.5 Å². The second-order valence-electron chi connectivity index (χ2n) is 0.224. The molecule has 0 spiro atoms. The molecule has 0 heterocycles. The van der Waals surface area contributed by atoms with Gasteiger partial charge in [0.1, 0.15) is 0 Å². The third-order valence-electron chi connectivity index (χ3n) is 0.0500. The summed E-state index contributed by atoms with van der Waals surface area (Å²) in [5, 5.41) is 14.5. The van der Waals surface area contributed by atoms with Gasteiger partial charge in [-0.05, 0) is 0 Å². The Bertz CT molecular complexity index is 66.5. The number of nitriles is 2. The van der Waals surface area contributed by atoms with Gasteiger partial charge in [0.05, 0.1) is 0 Å². The number of hydrogen-bond donors (Lipinski definition) is 0. The van der Waals surface area contributed by atoms with Gasteiger partial charge in [-0.25, -0.2) is 0 Å². The van der Waals surface area contributed by atoms with Gasteiger partial charge >= 0.3 is 0 Å². The van der Waals surface area contributed by atoms with Crippen LogP contribution in [0, 0.1) is 22.7 Å². The van der Waals surface area contributed by atoms with Crippen molar-refractivity contribution in [2.75, 3.05) is 0 Å². The van der Waals surface area contributed by atoms with Crippen molar-refractivity contribution >= 4 is 13.5 Å². The minimum Gasteiger partial charge on any atom is -0.197 e. The molecule has 0 saturated carbocycles. The van der Waals surface area contributed by atoms with E-state index in [9.17, 15) is 0 Å². The maximum atomic E-state index is 7.26. The summed E-state index contributed by atoms with van der Waals surface area (Å²) in [6, 6.07) is 2.47. The molecule has 0 aliphatic rings. The maximum absolute atomic E-state index is 7.26. The molecule has 0 aromatic carbocycles. The largest absolute Gasteiger partial charge is 0.197 e. The predicted molar refractivity (Wildman–Crippen MR) is 21.6 cm³/mol. The van der Waals surface area contributed by atoms with Crippen LogP contribution in [0.25, 0.3) is 0 Å². The van der Waals surface area contributed by atoms with Gasteiger partial charge in [0.25, 0.3) is 0 Å². The fraction of sp³-hybridized carbons (Fsp3) is 0. The second-order valence-corrected chi connectivity index (χ2v) is 0.224. The van der Waals surface area contributed by atoms with Crippen molar-refractivity contribution in [2.45, 2.75) is 0 Å². The summed E-state index contributed by atoms with van der Waals surface area (Å²) in [4.78, 5) is 0. The molecule has 37 valence electrons. The third-order valence-corrected chi connectivity index (χ3v) is 0.0500. The van der Waals surface area contributed by atoms with Gasteiger partial charge in [0.15, 0.2) is 12.1 Å². The van der Waals surface area contributed by atoms with Gasteiger partial charge in [-0.15, -0.1) is 0 Å². The van der Waals surface area contributed by atoms with E-state index in [1.54, 1.807) is 0 Å². The van der Waals surface area contributed by atoms with Crippen molar-refractivity contribution in [3.8, 4) is 12.1 Å². The average Bonchev–Trinajstić information content (AvgIpc) is 1.37. The molecule has 0 saturated heterocycles. The van der Waals surface area contributed by atoms with E-state index in [2.05, 4.69) is 0 Å². The van der Waals surface area contributed by atoms with E-state index in [0.717, 1.165) is 0 Å². The summed E-state index contributed by atoms with van der Waals surface area (Å²) in [7, 11) is 0. The maximum Gasteiger partial charge on any atom is 0.181 e. The van der Waals surface area contributed by atoms with E-state index >= 15 is 0 Å². The zero-order valence-corrected chi connectivity index (χ0v) is 5.86. The Morgan fingerprint density at radius 2 is 1.17 bits per heavy atom. The topological polar surface area (TPSA) is 47.6 Å². The fourth-order valence-electron chi connectivity index (χ4n) is 0. The van der Waals surface area contributed by atoms with Crippen LogP contribution in [0.3, 0.4) is 0 Å². The molecule has 2 nitrogen and oxygen atoms in total. The molecule has 4 heteroatoms. The van der Waals surface area contributed by atoms with Crippen LogP contribution in [0.5, 0.6) is 0 Å². The van der Waals surface area contributed by atoms with Crippen LogP contribution in [0.2, 0.25) is 0 Å². The first-order chi connectivity index (χ1) is 1.91. The molecule has 0 bridgehead atoms. The van der Waals surface area contributed by atoms with Crippen molar-refractivity contribution < 1.29 is 22.4 Å². The Hall–Kier alpha value is 0.0703. The second kappa shape index (κ2) is 19.6. The van der Waals surface area contributed by atoms with E-state index in [-0.39, 0.29) is 35.9 Å². The van der Waals surface area contributed by atoms with Crippen LogP contribution < -0.4 is 0 Å². The van der Waals surface area contributed by atoms with Gasteiger partial charge in [-0.1, -0.05) is 0 Å². The van der Waals surface area contributed by atoms with Crippen LogP contribution >= 0.6 is 13.5 Å². The SMILES string of the molecule is N#CC#N.S.[Au]. The Labute approximate surface area is 58.7 Å². The molecule has 0 atom stereocenters. The summed E-state index contributed by atoms with van der Waals surface area (Å²) in [5.41, 5.74) is 0. The van der Waals surface area contributed by atoms with Gasteiger partial charge in [-0.2, -0.15) is 24.0 Å². The molecule has 0 aliphatic carbocycles.